The van der Waals surface area contributed by atoms with Crippen molar-refractivity contribution >= 4 is 23.5 Å². The zero-order valence-corrected chi connectivity index (χ0v) is 25.2. The molecule has 212 valence electrons. The molecule has 2 aromatic carbocycles. The van der Waals surface area contributed by atoms with Crippen molar-refractivity contribution in [3.63, 3.8) is 0 Å². The molecule has 0 radical (unpaired) electrons. The monoisotopic (exact) mass is 536 g/mol. The maximum atomic E-state index is 13.0. The second-order valence-corrected chi connectivity index (χ2v) is 11.6. The van der Waals surface area contributed by atoms with Crippen LogP contribution in [0, 0.1) is 58.8 Å². The van der Waals surface area contributed by atoms with Crippen LogP contribution >= 0.6 is 0 Å². The fourth-order valence-corrected chi connectivity index (χ4v) is 4.56. The first-order valence-electron chi connectivity index (χ1n) is 13.7. The quantitative estimate of drug-likeness (QED) is 0.169. The average molecular weight is 537 g/mol. The van der Waals surface area contributed by atoms with Gasteiger partial charge in [-0.2, -0.15) is 0 Å². The maximum Gasteiger partial charge on any atom is 0.379 e. The van der Waals surface area contributed by atoms with Crippen molar-refractivity contribution in [2.45, 2.75) is 82.1 Å². The number of hydrogen-bond donors (Lipinski definition) is 0. The van der Waals surface area contributed by atoms with E-state index in [0.29, 0.717) is 23.5 Å². The fourth-order valence-electron chi connectivity index (χ4n) is 4.56. The molecule has 0 spiro atoms. The van der Waals surface area contributed by atoms with E-state index >= 15 is 0 Å². The van der Waals surface area contributed by atoms with Crippen molar-refractivity contribution in [3.05, 3.63) is 68.8 Å². The molecule has 0 aliphatic carbocycles. The molecule has 0 aliphatic rings. The lowest BCUT2D eigenvalue weighted by Gasteiger charge is -2.37. The molecule has 0 saturated carbocycles. The summed E-state index contributed by atoms with van der Waals surface area (Å²) in [6.45, 7) is 19.3. The van der Waals surface area contributed by atoms with E-state index in [9.17, 15) is 19.2 Å². The van der Waals surface area contributed by atoms with E-state index in [1.54, 1.807) is 12.1 Å². The average Bonchev–Trinajstić information content (AvgIpc) is 2.89. The summed E-state index contributed by atoms with van der Waals surface area (Å²) < 4.78 is 11.2. The number of carbonyl (C=O) groups is 4. The van der Waals surface area contributed by atoms with Gasteiger partial charge in [0.2, 0.25) is 0 Å². The predicted molar refractivity (Wildman–Crippen MR) is 153 cm³/mol. The van der Waals surface area contributed by atoms with E-state index in [4.69, 9.17) is 9.47 Å². The Morgan fingerprint density at radius 1 is 0.641 bits per heavy atom. The Labute approximate surface area is 233 Å². The van der Waals surface area contributed by atoms with Crippen molar-refractivity contribution < 1.29 is 28.7 Å². The number of rotatable bonds is 12. The van der Waals surface area contributed by atoms with Gasteiger partial charge in [-0.15, -0.1) is 0 Å². The van der Waals surface area contributed by atoms with Gasteiger partial charge in [0.05, 0.1) is 0 Å². The van der Waals surface area contributed by atoms with Crippen molar-refractivity contribution in [3.8, 4) is 0 Å². The van der Waals surface area contributed by atoms with Gasteiger partial charge in [0.25, 0.3) is 11.6 Å². The predicted octanol–water partition coefficient (Wildman–Crippen LogP) is 6.77. The van der Waals surface area contributed by atoms with Gasteiger partial charge in [-0.05, 0) is 93.2 Å². The van der Waals surface area contributed by atoms with Crippen LogP contribution in [0.15, 0.2) is 24.3 Å². The van der Waals surface area contributed by atoms with E-state index in [1.807, 2.05) is 67.5 Å². The SMILES string of the molecule is Cc1ccc(C(=O)C(=O)OCC(CCC(C)C)(COC(=O)C(=O)c2ccc(C)c(C)c2C)C(C)C)c(C)c1C. The van der Waals surface area contributed by atoms with E-state index in [1.165, 1.54) is 0 Å². The minimum absolute atomic E-state index is 0.0613. The van der Waals surface area contributed by atoms with Gasteiger partial charge in [-0.3, -0.25) is 9.59 Å². The van der Waals surface area contributed by atoms with Gasteiger partial charge in [-0.25, -0.2) is 9.59 Å². The third-order valence-electron chi connectivity index (χ3n) is 8.40. The number of Topliss-reactive ketones (excluding diaryl/α,β-unsaturated/α-hetero) is 2. The lowest BCUT2D eigenvalue weighted by Crippen LogP contribution is -2.41. The molecular weight excluding hydrogens is 492 g/mol. The number of esters is 2. The zero-order valence-electron chi connectivity index (χ0n) is 25.2. The van der Waals surface area contributed by atoms with Gasteiger partial charge >= 0.3 is 11.9 Å². The summed E-state index contributed by atoms with van der Waals surface area (Å²) in [6.07, 6.45) is 1.39. The molecule has 0 atom stereocenters. The van der Waals surface area contributed by atoms with Crippen LogP contribution < -0.4 is 0 Å². The molecule has 0 amide bonds. The molecule has 0 N–H and O–H groups in total. The summed E-state index contributed by atoms with van der Waals surface area (Å²) in [5, 5.41) is 0. The fraction of sp³-hybridized carbons (Fsp3) is 0.515. The van der Waals surface area contributed by atoms with Crippen LogP contribution in [0.2, 0.25) is 0 Å². The number of carbonyl (C=O) groups excluding carboxylic acids is 4. The molecule has 2 rings (SSSR count). The van der Waals surface area contributed by atoms with Crippen LogP contribution in [0.5, 0.6) is 0 Å². The number of ether oxygens (including phenoxy) is 2. The minimum Gasteiger partial charge on any atom is -0.459 e. The van der Waals surface area contributed by atoms with Crippen LogP contribution in [0.25, 0.3) is 0 Å². The lowest BCUT2D eigenvalue weighted by atomic mass is 9.73. The Bertz CT molecular complexity index is 1170. The highest BCUT2D eigenvalue weighted by atomic mass is 16.6. The normalized spacial score (nSPS) is 11.6. The first-order chi connectivity index (χ1) is 18.1. The topological polar surface area (TPSA) is 86.7 Å². The highest BCUT2D eigenvalue weighted by molar-refractivity contribution is 6.41. The summed E-state index contributed by atoms with van der Waals surface area (Å²) in [4.78, 5) is 51.7. The van der Waals surface area contributed by atoms with E-state index in [-0.39, 0.29) is 19.1 Å². The maximum absolute atomic E-state index is 13.0. The first-order valence-corrected chi connectivity index (χ1v) is 13.7. The summed E-state index contributed by atoms with van der Waals surface area (Å²) in [7, 11) is 0. The standard InChI is InChI=1S/C33H44O6/c1-19(2)15-16-33(20(3)4,17-38-31(36)29(34)27-13-11-21(5)23(7)25(27)9)18-39-32(37)30(35)28-14-12-22(6)24(8)26(28)10/h11-14,19-20H,15-18H2,1-10H3. The second kappa shape index (κ2) is 13.2. The molecule has 0 aromatic heterocycles. The first kappa shape index (κ1) is 31.9. The van der Waals surface area contributed by atoms with Gasteiger partial charge in [-0.1, -0.05) is 58.4 Å². The van der Waals surface area contributed by atoms with E-state index < -0.39 is 28.9 Å². The summed E-state index contributed by atoms with van der Waals surface area (Å²) in [6, 6.07) is 6.94. The number of aryl methyl sites for hydroxylation is 2. The number of ketones is 2. The molecule has 0 unspecified atom stereocenters. The molecule has 0 heterocycles. The largest absolute Gasteiger partial charge is 0.459 e. The molecule has 39 heavy (non-hydrogen) atoms. The van der Waals surface area contributed by atoms with Gasteiger partial charge < -0.3 is 9.47 Å². The Morgan fingerprint density at radius 2 is 1.03 bits per heavy atom. The smallest absolute Gasteiger partial charge is 0.379 e. The van der Waals surface area contributed by atoms with Crippen LogP contribution in [-0.4, -0.2) is 36.7 Å². The third-order valence-corrected chi connectivity index (χ3v) is 8.40. The van der Waals surface area contributed by atoms with Crippen LogP contribution in [0.3, 0.4) is 0 Å². The van der Waals surface area contributed by atoms with Crippen molar-refractivity contribution in [2.75, 3.05) is 13.2 Å². The van der Waals surface area contributed by atoms with Crippen molar-refractivity contribution in [1.29, 1.82) is 0 Å². The van der Waals surface area contributed by atoms with E-state index in [0.717, 1.165) is 39.8 Å². The molecule has 6 nitrogen and oxygen atoms in total. The highest BCUT2D eigenvalue weighted by Gasteiger charge is 2.39. The molecular formula is C33H44O6. The number of benzene rings is 2. The molecule has 6 heteroatoms. The summed E-state index contributed by atoms with van der Waals surface area (Å²) in [5.41, 5.74) is 5.38. The van der Waals surface area contributed by atoms with E-state index in [2.05, 4.69) is 13.8 Å². The zero-order chi connectivity index (χ0) is 29.7. The Kier molecular flexibility index (Phi) is 10.8. The molecule has 2 aromatic rings. The van der Waals surface area contributed by atoms with Crippen molar-refractivity contribution in [1.82, 2.24) is 0 Å². The molecule has 0 bridgehead atoms. The molecule has 0 saturated heterocycles. The highest BCUT2D eigenvalue weighted by Crippen LogP contribution is 2.36. The Morgan fingerprint density at radius 3 is 1.36 bits per heavy atom. The van der Waals surface area contributed by atoms with Gasteiger partial charge in [0.1, 0.15) is 13.2 Å². The Balaban J connectivity index is 2.25. The second-order valence-electron chi connectivity index (χ2n) is 11.6. The number of hydrogen-bond acceptors (Lipinski definition) is 6. The molecule has 0 fully saturated rings. The van der Waals surface area contributed by atoms with Gasteiger partial charge in [0, 0.05) is 16.5 Å². The van der Waals surface area contributed by atoms with Crippen LogP contribution in [0.1, 0.15) is 94.6 Å². The van der Waals surface area contributed by atoms with Gasteiger partial charge in [0.15, 0.2) is 0 Å². The van der Waals surface area contributed by atoms with Crippen LogP contribution in [-0.2, 0) is 19.1 Å². The minimum atomic E-state index is -0.941. The third kappa shape index (κ3) is 7.43. The Hall–Kier alpha value is -3.28. The lowest BCUT2D eigenvalue weighted by molar-refractivity contribution is -0.151. The summed E-state index contributed by atoms with van der Waals surface area (Å²) in [5.74, 6) is -2.99. The summed E-state index contributed by atoms with van der Waals surface area (Å²) >= 11 is 0. The van der Waals surface area contributed by atoms with Crippen LogP contribution in [0.4, 0.5) is 0 Å². The molecule has 0 aliphatic heterocycles. The van der Waals surface area contributed by atoms with Crippen molar-refractivity contribution in [2.24, 2.45) is 17.3 Å².